The van der Waals surface area contributed by atoms with Crippen molar-refractivity contribution in [3.8, 4) is 22.7 Å². The molecule has 0 atom stereocenters. The molecule has 0 aliphatic carbocycles. The van der Waals surface area contributed by atoms with E-state index in [4.69, 9.17) is 9.40 Å². The van der Waals surface area contributed by atoms with Crippen LogP contribution in [-0.2, 0) is 30.3 Å². The van der Waals surface area contributed by atoms with E-state index in [1.54, 1.807) is 17.5 Å². The fourth-order valence-corrected chi connectivity index (χ4v) is 6.71. The second kappa shape index (κ2) is 15.7. The number of aliphatic hydroxyl groups excluding tert-OH is 1. The Bertz CT molecular complexity index is 2130. The number of carbonyl (C=O) groups excluding carboxylic acids is 1. The second-order valence-corrected chi connectivity index (χ2v) is 15.5. The Balaban J connectivity index is 0.000000269. The first-order chi connectivity index (χ1) is 23.3. The molecule has 0 aliphatic rings. The Kier molecular flexibility index (Phi) is 12.3. The molecule has 0 fully saturated rings. The zero-order valence-electron chi connectivity index (χ0n) is 30.7. The third-order valence-corrected chi connectivity index (χ3v) is 11.3. The van der Waals surface area contributed by atoms with E-state index in [2.05, 4.69) is 85.7 Å². The van der Waals surface area contributed by atoms with Gasteiger partial charge in [0.05, 0.1) is 4.70 Å². The van der Waals surface area contributed by atoms with Crippen molar-refractivity contribution in [2.45, 2.75) is 93.4 Å². The van der Waals surface area contributed by atoms with Gasteiger partial charge in [-0.15, -0.1) is 40.5 Å². The molecule has 50 heavy (non-hydrogen) atoms. The van der Waals surface area contributed by atoms with Gasteiger partial charge in [0.2, 0.25) is 0 Å². The van der Waals surface area contributed by atoms with Crippen molar-refractivity contribution in [3.05, 3.63) is 95.8 Å². The minimum atomic E-state index is -0.337. The first-order valence-electron chi connectivity index (χ1n) is 17.4. The zero-order chi connectivity index (χ0) is 35.6. The average molecular weight is 866 g/mol. The van der Waals surface area contributed by atoms with Gasteiger partial charge in [0, 0.05) is 60.5 Å². The number of hydrogen-bond donors (Lipinski definition) is 1. The minimum absolute atomic E-state index is 0. The summed E-state index contributed by atoms with van der Waals surface area (Å²) in [5.74, 6) is 1.04. The van der Waals surface area contributed by atoms with Crippen LogP contribution in [0.2, 0.25) is 0 Å². The molecule has 4 heterocycles. The van der Waals surface area contributed by atoms with Crippen LogP contribution >= 0.6 is 11.3 Å². The molecule has 0 bridgehead atoms. The standard InChI is InChI=1S/C28H21N2OS.C15H28O2.Ir/c1-28(2,3)22-13-19(12-17-6-4-5-7-20(17)22)27-21-15-25(31-24(21)8-10-29-27)23-14-18-9-11-32-26(18)16-30-23;1-7-14(5,8-2)12(16)11-13(17)15(6,9-3)10-4;/h4-11,13-16H,1-3H3;11,16H,7-10H2,1-6H3;/q-1;;/b;12-11-;. The van der Waals surface area contributed by atoms with Crippen LogP contribution in [0.1, 0.15) is 93.6 Å². The van der Waals surface area contributed by atoms with Crippen molar-refractivity contribution in [3.63, 3.8) is 0 Å². The Morgan fingerprint density at radius 2 is 1.56 bits per heavy atom. The van der Waals surface area contributed by atoms with Gasteiger partial charge < -0.3 is 9.52 Å². The van der Waals surface area contributed by atoms with Crippen LogP contribution < -0.4 is 0 Å². The van der Waals surface area contributed by atoms with Gasteiger partial charge in [0.25, 0.3) is 0 Å². The number of allylic oxidation sites excluding steroid dienone is 2. The number of aromatic nitrogens is 2. The van der Waals surface area contributed by atoms with Crippen molar-refractivity contribution < 1.29 is 34.4 Å². The summed E-state index contributed by atoms with van der Waals surface area (Å²) in [5.41, 5.74) is 4.17. The minimum Gasteiger partial charge on any atom is -0.512 e. The third-order valence-electron chi connectivity index (χ3n) is 10.5. The van der Waals surface area contributed by atoms with Gasteiger partial charge >= 0.3 is 0 Å². The summed E-state index contributed by atoms with van der Waals surface area (Å²) >= 11 is 1.69. The number of pyridine rings is 2. The molecular weight excluding hydrogens is 817 g/mol. The Morgan fingerprint density at radius 3 is 2.22 bits per heavy atom. The quantitative estimate of drug-likeness (QED) is 0.0890. The maximum absolute atomic E-state index is 12.2. The number of benzene rings is 2. The van der Waals surface area contributed by atoms with Crippen LogP contribution in [0.25, 0.3) is 54.5 Å². The molecule has 2 aromatic carbocycles. The Morgan fingerprint density at radius 1 is 0.880 bits per heavy atom. The van der Waals surface area contributed by atoms with E-state index in [1.165, 1.54) is 27.1 Å². The zero-order valence-corrected chi connectivity index (χ0v) is 33.9. The molecular formula is C43H49IrN2O3S-. The van der Waals surface area contributed by atoms with Gasteiger partial charge in [0.1, 0.15) is 17.0 Å². The molecule has 1 radical (unpaired) electrons. The number of hydrogen-bond acceptors (Lipinski definition) is 6. The molecule has 0 saturated heterocycles. The molecule has 4 aromatic heterocycles. The van der Waals surface area contributed by atoms with Crippen molar-refractivity contribution in [2.24, 2.45) is 10.8 Å². The number of rotatable bonds is 9. The number of ketones is 1. The molecule has 0 spiro atoms. The molecule has 6 rings (SSSR count). The van der Waals surface area contributed by atoms with Crippen LogP contribution in [0.15, 0.2) is 88.6 Å². The first-order valence-corrected chi connectivity index (χ1v) is 18.3. The molecule has 0 aliphatic heterocycles. The third kappa shape index (κ3) is 7.96. The smallest absolute Gasteiger partial charge is 0.164 e. The van der Waals surface area contributed by atoms with Crippen molar-refractivity contribution in [2.75, 3.05) is 0 Å². The predicted octanol–water partition coefficient (Wildman–Crippen LogP) is 12.7. The SMILES string of the molecule is CC(C)(C)c1cc(-c2nccc3oc(-c4cc5ccsc5cn4)cc23)[c-]c2ccccc12.CCC(C)(CC)C(=O)/C=C(\O)C(C)(CC)CC.[Ir]. The number of fused-ring (bicyclic) bond motifs is 3. The molecule has 1 N–H and O–H groups in total. The van der Waals surface area contributed by atoms with E-state index in [9.17, 15) is 9.90 Å². The van der Waals surface area contributed by atoms with Crippen LogP contribution in [-0.4, -0.2) is 20.9 Å². The van der Waals surface area contributed by atoms with E-state index in [0.717, 1.165) is 64.8 Å². The number of carbonyl (C=O) groups is 1. The van der Waals surface area contributed by atoms with Gasteiger partial charge in [-0.1, -0.05) is 91.5 Å². The molecule has 0 saturated carbocycles. The maximum atomic E-state index is 12.2. The number of furan rings is 1. The van der Waals surface area contributed by atoms with Crippen LogP contribution in [0.4, 0.5) is 0 Å². The van der Waals surface area contributed by atoms with Gasteiger partial charge in [-0.2, -0.15) is 0 Å². The van der Waals surface area contributed by atoms with E-state index in [-0.39, 0.29) is 47.9 Å². The summed E-state index contributed by atoms with van der Waals surface area (Å²) in [4.78, 5) is 21.5. The molecule has 5 nitrogen and oxygen atoms in total. The van der Waals surface area contributed by atoms with Crippen LogP contribution in [0, 0.1) is 16.9 Å². The van der Waals surface area contributed by atoms with Gasteiger partial charge in [0.15, 0.2) is 11.5 Å². The molecule has 0 unspecified atom stereocenters. The van der Waals surface area contributed by atoms with Crippen molar-refractivity contribution >= 4 is 48.9 Å². The van der Waals surface area contributed by atoms with Gasteiger partial charge in [-0.3, -0.25) is 14.8 Å². The fraction of sp³-hybridized carbons (Fsp3) is 0.372. The monoisotopic (exact) mass is 866 g/mol. The molecule has 6 aromatic rings. The maximum Gasteiger partial charge on any atom is 0.164 e. The summed E-state index contributed by atoms with van der Waals surface area (Å²) in [5, 5.41) is 16.7. The van der Waals surface area contributed by atoms with E-state index >= 15 is 0 Å². The predicted molar refractivity (Wildman–Crippen MR) is 206 cm³/mol. The topological polar surface area (TPSA) is 76.2 Å². The van der Waals surface area contributed by atoms with Crippen LogP contribution in [0.3, 0.4) is 0 Å². The van der Waals surface area contributed by atoms with Gasteiger partial charge in [-0.05, 0) is 66.1 Å². The Hall–Kier alpha value is -3.64. The number of thiophene rings is 1. The summed E-state index contributed by atoms with van der Waals surface area (Å²) < 4.78 is 7.39. The largest absolute Gasteiger partial charge is 0.512 e. The summed E-state index contributed by atoms with van der Waals surface area (Å²) in [6, 6.07) is 22.4. The van der Waals surface area contributed by atoms with E-state index in [1.807, 2.05) is 53.8 Å². The molecule has 7 heteroatoms. The van der Waals surface area contributed by atoms with E-state index in [0.29, 0.717) is 0 Å². The number of aliphatic hydroxyl groups is 1. The summed E-state index contributed by atoms with van der Waals surface area (Å²) in [7, 11) is 0. The summed E-state index contributed by atoms with van der Waals surface area (Å²) in [6.45, 7) is 18.8. The Labute approximate surface area is 314 Å². The second-order valence-electron chi connectivity index (χ2n) is 14.5. The number of nitrogens with zero attached hydrogens (tertiary/aromatic N) is 2. The van der Waals surface area contributed by atoms with Crippen molar-refractivity contribution in [1.82, 2.24) is 9.97 Å². The first kappa shape index (κ1) is 39.2. The average Bonchev–Trinajstić information content (AvgIpc) is 3.77. The van der Waals surface area contributed by atoms with Gasteiger partial charge in [-0.25, -0.2) is 0 Å². The fourth-order valence-electron chi connectivity index (χ4n) is 5.97. The van der Waals surface area contributed by atoms with E-state index < -0.39 is 0 Å². The molecule has 0 amide bonds. The summed E-state index contributed by atoms with van der Waals surface area (Å²) in [6.07, 6.45) is 8.47. The normalized spacial score (nSPS) is 12.5. The van der Waals surface area contributed by atoms with Crippen molar-refractivity contribution in [1.29, 1.82) is 0 Å². The molecule has 265 valence electrons. The van der Waals surface area contributed by atoms with Crippen LogP contribution in [0.5, 0.6) is 0 Å².